The average Bonchev–Trinajstić information content (AvgIpc) is 2.75. The lowest BCUT2D eigenvalue weighted by Crippen LogP contribution is -2.25. The number of rotatable bonds is 9. The highest BCUT2D eigenvalue weighted by Gasteiger charge is 2.19. The first kappa shape index (κ1) is 21.3. The fourth-order valence-corrected chi connectivity index (χ4v) is 4.00. The van der Waals surface area contributed by atoms with Gasteiger partial charge in [-0.3, -0.25) is 9.56 Å². The number of aliphatic imine (C=N–C) groups is 1. The standard InChI is InChI=1S/C22H26N3O3P/c1-17-8-10-18(11-9-17)21-13-12-20(16-23-14-5-15-29(27,28)25-26)24-22(21)19-6-3-2-4-7-19/h2-4,6-11,23H,5,12-16H2,1H3,(H,27,28). The molecule has 1 unspecified atom stereocenters. The Hall–Kier alpha value is -2.40. The summed E-state index contributed by atoms with van der Waals surface area (Å²) in [5.74, 6) is 0. The maximum absolute atomic E-state index is 11.3. The van der Waals surface area contributed by atoms with E-state index in [1.54, 1.807) is 0 Å². The molecule has 152 valence electrons. The fourth-order valence-electron chi connectivity index (χ4n) is 3.35. The van der Waals surface area contributed by atoms with Gasteiger partial charge in [0.25, 0.3) is 0 Å². The molecule has 2 aromatic rings. The lowest BCUT2D eigenvalue weighted by atomic mass is 9.92. The second kappa shape index (κ2) is 9.88. The Morgan fingerprint density at radius 1 is 1.07 bits per heavy atom. The number of benzene rings is 2. The quantitative estimate of drug-likeness (QED) is 0.344. The van der Waals surface area contributed by atoms with E-state index in [0.29, 0.717) is 19.5 Å². The zero-order chi connectivity index (χ0) is 20.7. The second-order valence-corrected chi connectivity index (χ2v) is 9.18. The molecule has 0 fully saturated rings. The smallest absolute Gasteiger partial charge is 0.326 e. The van der Waals surface area contributed by atoms with Crippen molar-refractivity contribution in [1.82, 2.24) is 5.32 Å². The predicted octanol–water partition coefficient (Wildman–Crippen LogP) is 5.03. The van der Waals surface area contributed by atoms with Crippen molar-refractivity contribution in [3.63, 3.8) is 0 Å². The minimum Gasteiger partial charge on any atom is -0.326 e. The Labute approximate surface area is 171 Å². The maximum Gasteiger partial charge on any atom is 0.350 e. The molecule has 0 spiro atoms. The first-order valence-electron chi connectivity index (χ1n) is 9.78. The topological polar surface area (TPSA) is 91.1 Å². The monoisotopic (exact) mass is 411 g/mol. The van der Waals surface area contributed by atoms with Gasteiger partial charge in [-0.2, -0.15) is 0 Å². The Morgan fingerprint density at radius 3 is 2.48 bits per heavy atom. The summed E-state index contributed by atoms with van der Waals surface area (Å²) < 4.78 is 11.3. The van der Waals surface area contributed by atoms with Gasteiger partial charge in [0, 0.05) is 28.9 Å². The van der Waals surface area contributed by atoms with Gasteiger partial charge >= 0.3 is 7.52 Å². The minimum absolute atomic E-state index is 0.0945. The molecule has 1 atom stereocenters. The van der Waals surface area contributed by atoms with Crippen molar-refractivity contribution >= 4 is 24.5 Å². The Bertz CT molecular complexity index is 953. The van der Waals surface area contributed by atoms with E-state index in [0.717, 1.165) is 29.8 Å². The summed E-state index contributed by atoms with van der Waals surface area (Å²) in [5.41, 5.74) is 6.84. The van der Waals surface area contributed by atoms with E-state index in [2.05, 4.69) is 53.6 Å². The van der Waals surface area contributed by atoms with Crippen LogP contribution in [0.5, 0.6) is 0 Å². The lowest BCUT2D eigenvalue weighted by Gasteiger charge is -2.21. The third kappa shape index (κ3) is 6.04. The van der Waals surface area contributed by atoms with Crippen LogP contribution in [0, 0.1) is 11.8 Å². The van der Waals surface area contributed by atoms with Crippen LogP contribution in [0.15, 0.2) is 64.5 Å². The molecule has 0 radical (unpaired) electrons. The molecule has 0 bridgehead atoms. The van der Waals surface area contributed by atoms with E-state index in [1.165, 1.54) is 16.7 Å². The van der Waals surface area contributed by atoms with Crippen molar-refractivity contribution in [2.24, 2.45) is 9.94 Å². The zero-order valence-electron chi connectivity index (χ0n) is 16.5. The van der Waals surface area contributed by atoms with Gasteiger partial charge in [-0.15, -0.1) is 4.91 Å². The molecule has 3 rings (SSSR count). The van der Waals surface area contributed by atoms with Crippen molar-refractivity contribution in [1.29, 1.82) is 0 Å². The van der Waals surface area contributed by atoms with Crippen LogP contribution in [0.3, 0.4) is 0 Å². The molecule has 2 N–H and O–H groups in total. The van der Waals surface area contributed by atoms with Crippen molar-refractivity contribution in [3.05, 3.63) is 76.2 Å². The number of nitrogens with one attached hydrogen (secondary N) is 1. The zero-order valence-corrected chi connectivity index (χ0v) is 17.4. The van der Waals surface area contributed by atoms with E-state index in [-0.39, 0.29) is 6.16 Å². The van der Waals surface area contributed by atoms with E-state index in [4.69, 9.17) is 4.99 Å². The number of hydrogen-bond donors (Lipinski definition) is 2. The summed E-state index contributed by atoms with van der Waals surface area (Å²) in [5, 5.41) is 3.26. The maximum atomic E-state index is 11.3. The van der Waals surface area contributed by atoms with Crippen molar-refractivity contribution < 1.29 is 9.46 Å². The summed E-state index contributed by atoms with van der Waals surface area (Å²) >= 11 is 0. The SMILES string of the molecule is Cc1ccc(C2=C(c3ccccc3)N=C(CNCCCP(=O)(O)N=O)CC2)cc1. The molecule has 29 heavy (non-hydrogen) atoms. The van der Waals surface area contributed by atoms with Crippen LogP contribution in [-0.4, -0.2) is 29.9 Å². The number of nitroso groups, excluding NO2 is 1. The highest BCUT2D eigenvalue weighted by Crippen LogP contribution is 2.41. The molecule has 0 saturated carbocycles. The van der Waals surface area contributed by atoms with Crippen LogP contribution < -0.4 is 5.32 Å². The lowest BCUT2D eigenvalue weighted by molar-refractivity contribution is 0.476. The Balaban J connectivity index is 1.74. The van der Waals surface area contributed by atoms with Crippen molar-refractivity contribution in [2.45, 2.75) is 26.2 Å². The molecular weight excluding hydrogens is 385 g/mol. The number of aryl methyl sites for hydroxylation is 1. The molecule has 2 aromatic carbocycles. The summed E-state index contributed by atoms with van der Waals surface area (Å²) in [4.78, 5) is 26.7. The molecule has 0 aliphatic carbocycles. The molecule has 0 amide bonds. The Morgan fingerprint density at radius 2 is 1.79 bits per heavy atom. The second-order valence-electron chi connectivity index (χ2n) is 7.24. The van der Waals surface area contributed by atoms with Gasteiger partial charge in [0.15, 0.2) is 0 Å². The fraction of sp³-hybridized carbons (Fsp3) is 0.318. The van der Waals surface area contributed by atoms with Crippen LogP contribution in [0.1, 0.15) is 36.0 Å². The summed E-state index contributed by atoms with van der Waals surface area (Å²) in [6, 6.07) is 18.7. The van der Waals surface area contributed by atoms with Crippen molar-refractivity contribution in [2.75, 3.05) is 19.3 Å². The van der Waals surface area contributed by atoms with Crippen LogP contribution in [0.4, 0.5) is 0 Å². The molecule has 1 heterocycles. The highest BCUT2D eigenvalue weighted by atomic mass is 31.2. The van der Waals surface area contributed by atoms with Crippen LogP contribution in [0.25, 0.3) is 11.3 Å². The minimum atomic E-state index is -3.85. The summed E-state index contributed by atoms with van der Waals surface area (Å²) in [6.07, 6.45) is 2.10. The number of hydrogen-bond acceptors (Lipinski definition) is 4. The first-order valence-corrected chi connectivity index (χ1v) is 11.6. The molecule has 1 aliphatic rings. The normalized spacial score (nSPS) is 16.3. The van der Waals surface area contributed by atoms with E-state index in [9.17, 15) is 14.4 Å². The van der Waals surface area contributed by atoms with Gasteiger partial charge in [-0.1, -0.05) is 60.2 Å². The molecule has 7 heteroatoms. The summed E-state index contributed by atoms with van der Waals surface area (Å²) in [6.45, 7) is 3.23. The van der Waals surface area contributed by atoms with E-state index >= 15 is 0 Å². The van der Waals surface area contributed by atoms with E-state index < -0.39 is 7.52 Å². The van der Waals surface area contributed by atoms with Gasteiger partial charge in [-0.05, 0) is 43.9 Å². The van der Waals surface area contributed by atoms with E-state index in [1.807, 2.05) is 18.2 Å². The highest BCUT2D eigenvalue weighted by molar-refractivity contribution is 7.56. The van der Waals surface area contributed by atoms with Gasteiger partial charge in [0.2, 0.25) is 0 Å². The average molecular weight is 411 g/mol. The van der Waals surface area contributed by atoms with Crippen LogP contribution in [0.2, 0.25) is 0 Å². The summed E-state index contributed by atoms with van der Waals surface area (Å²) in [7, 11) is -3.85. The molecule has 6 nitrogen and oxygen atoms in total. The predicted molar refractivity (Wildman–Crippen MR) is 119 cm³/mol. The van der Waals surface area contributed by atoms with Crippen LogP contribution >= 0.6 is 7.52 Å². The third-order valence-corrected chi connectivity index (χ3v) is 6.08. The van der Waals surface area contributed by atoms with Gasteiger partial charge < -0.3 is 10.2 Å². The Kier molecular flexibility index (Phi) is 7.26. The molecule has 0 aromatic heterocycles. The van der Waals surface area contributed by atoms with Gasteiger partial charge in [0.1, 0.15) is 0 Å². The third-order valence-electron chi connectivity index (χ3n) is 4.93. The largest absolute Gasteiger partial charge is 0.350 e. The first-order chi connectivity index (χ1) is 14.0. The van der Waals surface area contributed by atoms with Crippen LogP contribution in [-0.2, 0) is 4.57 Å². The molecular formula is C22H26N3O3P. The molecule has 1 aliphatic heterocycles. The number of nitrogens with zero attached hydrogens (tertiary/aromatic N) is 2. The molecule has 0 saturated heterocycles. The number of allylic oxidation sites excluding steroid dienone is 1. The van der Waals surface area contributed by atoms with Gasteiger partial charge in [0.05, 0.1) is 5.70 Å². The van der Waals surface area contributed by atoms with Gasteiger partial charge in [-0.25, -0.2) is 0 Å². The van der Waals surface area contributed by atoms with Crippen molar-refractivity contribution in [3.8, 4) is 0 Å².